The van der Waals surface area contributed by atoms with E-state index in [4.69, 9.17) is 0 Å². The van der Waals surface area contributed by atoms with Crippen LogP contribution in [0.1, 0.15) is 30.5 Å². The Bertz CT molecular complexity index is 1200. The summed E-state index contributed by atoms with van der Waals surface area (Å²) in [6.07, 6.45) is 0.147. The molecular weight excluding hydrogens is 406 g/mol. The third kappa shape index (κ3) is 5.16. The number of nitrogens with zero attached hydrogens (tertiary/aromatic N) is 1. The molecule has 0 bridgehead atoms. The number of hydrogen-bond acceptors (Lipinski definition) is 4. The number of hydrogen-bond donors (Lipinski definition) is 2. The zero-order valence-corrected chi connectivity index (χ0v) is 18.2. The molecule has 0 saturated heterocycles. The van der Waals surface area contributed by atoms with Crippen LogP contribution in [0.15, 0.2) is 72.8 Å². The van der Waals surface area contributed by atoms with E-state index in [-0.39, 0.29) is 24.3 Å². The first kappa shape index (κ1) is 20.8. The molecule has 0 aliphatic rings. The predicted octanol–water partition coefficient (Wildman–Crippen LogP) is 5.48. The molecule has 1 aromatic heterocycles. The summed E-state index contributed by atoms with van der Waals surface area (Å²) in [5.41, 5.74) is 4.65. The van der Waals surface area contributed by atoms with Crippen molar-refractivity contribution >= 4 is 39.1 Å². The van der Waals surface area contributed by atoms with Gasteiger partial charge in [0.1, 0.15) is 5.01 Å². The van der Waals surface area contributed by atoms with E-state index < -0.39 is 0 Å². The Morgan fingerprint density at radius 3 is 2.52 bits per heavy atom. The summed E-state index contributed by atoms with van der Waals surface area (Å²) < 4.78 is 1.13. The van der Waals surface area contributed by atoms with Gasteiger partial charge >= 0.3 is 0 Å². The van der Waals surface area contributed by atoms with Gasteiger partial charge in [0.25, 0.3) is 0 Å². The van der Waals surface area contributed by atoms with Crippen molar-refractivity contribution in [3.8, 4) is 10.6 Å². The second-order valence-corrected chi connectivity index (χ2v) is 8.51. The number of anilines is 1. The normalized spacial score (nSPS) is 11.8. The lowest BCUT2D eigenvalue weighted by atomic mass is 10.0. The highest BCUT2D eigenvalue weighted by molar-refractivity contribution is 7.21. The molecule has 0 aliphatic carbocycles. The molecule has 0 fully saturated rings. The van der Waals surface area contributed by atoms with Crippen LogP contribution >= 0.6 is 11.3 Å². The minimum absolute atomic E-state index is 0.147. The molecule has 0 aliphatic heterocycles. The zero-order chi connectivity index (χ0) is 21.8. The molecule has 4 rings (SSSR count). The zero-order valence-electron chi connectivity index (χ0n) is 17.4. The van der Waals surface area contributed by atoms with Crippen molar-refractivity contribution in [1.29, 1.82) is 0 Å². The Balaban J connectivity index is 1.50. The molecule has 6 heteroatoms. The molecule has 156 valence electrons. The summed E-state index contributed by atoms with van der Waals surface area (Å²) >= 11 is 1.62. The number of rotatable bonds is 6. The largest absolute Gasteiger partial charge is 0.349 e. The number of amides is 2. The van der Waals surface area contributed by atoms with E-state index in [0.717, 1.165) is 31.9 Å². The Morgan fingerprint density at radius 2 is 1.77 bits per heavy atom. The van der Waals surface area contributed by atoms with Gasteiger partial charge in [-0.3, -0.25) is 9.59 Å². The molecular formula is C25H23N3O2S. The highest BCUT2D eigenvalue weighted by Gasteiger charge is 2.17. The molecule has 0 saturated carbocycles. The van der Waals surface area contributed by atoms with E-state index >= 15 is 0 Å². The first-order chi connectivity index (χ1) is 15.0. The van der Waals surface area contributed by atoms with Crippen molar-refractivity contribution in [2.24, 2.45) is 0 Å². The molecule has 1 unspecified atom stereocenters. The van der Waals surface area contributed by atoms with E-state index in [1.807, 2.05) is 73.7 Å². The van der Waals surface area contributed by atoms with Crippen LogP contribution in [0.2, 0.25) is 0 Å². The molecule has 5 nitrogen and oxygen atoms in total. The smallest absolute Gasteiger partial charge is 0.226 e. The van der Waals surface area contributed by atoms with Crippen LogP contribution in [0.25, 0.3) is 20.8 Å². The Morgan fingerprint density at radius 1 is 1.00 bits per heavy atom. The van der Waals surface area contributed by atoms with Crippen molar-refractivity contribution in [1.82, 2.24) is 10.3 Å². The topological polar surface area (TPSA) is 71.1 Å². The highest BCUT2D eigenvalue weighted by Crippen LogP contribution is 2.31. The number of benzene rings is 3. The number of carbonyl (C=O) groups excluding carboxylic acids is 2. The lowest BCUT2D eigenvalue weighted by Gasteiger charge is -2.18. The van der Waals surface area contributed by atoms with E-state index in [9.17, 15) is 9.59 Å². The van der Waals surface area contributed by atoms with Gasteiger partial charge in [0.15, 0.2) is 0 Å². The SMILES string of the molecule is CC(=O)NC(CC(=O)Nc1cccc(-c2nc3ccccc3s2)c1)c1ccc(C)cc1. The van der Waals surface area contributed by atoms with Crippen molar-refractivity contribution < 1.29 is 9.59 Å². The molecule has 4 aromatic rings. The third-order valence-electron chi connectivity index (χ3n) is 4.93. The maximum atomic E-state index is 12.8. The van der Waals surface area contributed by atoms with Crippen LogP contribution in [0.5, 0.6) is 0 Å². The summed E-state index contributed by atoms with van der Waals surface area (Å²) in [5, 5.41) is 6.74. The molecule has 0 radical (unpaired) electrons. The predicted molar refractivity (Wildman–Crippen MR) is 126 cm³/mol. The molecule has 2 amide bonds. The Hall–Kier alpha value is -3.51. The van der Waals surface area contributed by atoms with Crippen molar-refractivity contribution in [2.75, 3.05) is 5.32 Å². The molecule has 0 spiro atoms. The standard InChI is InChI=1S/C25H23N3O2S/c1-16-10-12-18(13-11-16)22(26-17(2)29)15-24(30)27-20-7-5-6-19(14-20)25-28-21-8-3-4-9-23(21)31-25/h3-14,22H,15H2,1-2H3,(H,26,29)(H,27,30). The summed E-state index contributed by atoms with van der Waals surface area (Å²) in [6.45, 7) is 3.46. The van der Waals surface area contributed by atoms with E-state index in [0.29, 0.717) is 5.69 Å². The fourth-order valence-corrected chi connectivity index (χ4v) is 4.38. The van der Waals surface area contributed by atoms with Crippen LogP contribution in [0.3, 0.4) is 0 Å². The first-order valence-electron chi connectivity index (χ1n) is 10.1. The minimum Gasteiger partial charge on any atom is -0.349 e. The van der Waals surface area contributed by atoms with Gasteiger partial charge in [0.2, 0.25) is 11.8 Å². The van der Waals surface area contributed by atoms with E-state index in [1.165, 1.54) is 6.92 Å². The van der Waals surface area contributed by atoms with Gasteiger partial charge in [-0.15, -0.1) is 11.3 Å². The second kappa shape index (κ2) is 9.10. The van der Waals surface area contributed by atoms with Gasteiger partial charge in [-0.05, 0) is 36.8 Å². The number of aryl methyl sites for hydroxylation is 1. The fourth-order valence-electron chi connectivity index (χ4n) is 3.42. The average molecular weight is 430 g/mol. The van der Waals surface area contributed by atoms with Crippen molar-refractivity contribution in [2.45, 2.75) is 26.3 Å². The molecule has 1 heterocycles. The van der Waals surface area contributed by atoms with Crippen LogP contribution in [-0.2, 0) is 9.59 Å². The van der Waals surface area contributed by atoms with Crippen LogP contribution in [-0.4, -0.2) is 16.8 Å². The van der Waals surface area contributed by atoms with E-state index in [2.05, 4.69) is 21.7 Å². The number of nitrogens with one attached hydrogen (secondary N) is 2. The monoisotopic (exact) mass is 429 g/mol. The molecule has 2 N–H and O–H groups in total. The summed E-state index contributed by atoms with van der Waals surface area (Å²) in [6, 6.07) is 23.1. The molecule has 1 atom stereocenters. The maximum absolute atomic E-state index is 12.8. The summed E-state index contributed by atoms with van der Waals surface area (Å²) in [5.74, 6) is -0.336. The summed E-state index contributed by atoms with van der Waals surface area (Å²) in [7, 11) is 0. The van der Waals surface area contributed by atoms with Gasteiger partial charge in [-0.2, -0.15) is 0 Å². The van der Waals surface area contributed by atoms with Gasteiger partial charge in [0, 0.05) is 18.2 Å². The van der Waals surface area contributed by atoms with E-state index in [1.54, 1.807) is 11.3 Å². The van der Waals surface area contributed by atoms with Gasteiger partial charge in [0.05, 0.1) is 22.7 Å². The highest BCUT2D eigenvalue weighted by atomic mass is 32.1. The lowest BCUT2D eigenvalue weighted by Crippen LogP contribution is -2.29. The van der Waals surface area contributed by atoms with Gasteiger partial charge in [-0.25, -0.2) is 4.98 Å². The van der Waals surface area contributed by atoms with Gasteiger partial charge < -0.3 is 10.6 Å². The number of fused-ring (bicyclic) bond motifs is 1. The first-order valence-corrected chi connectivity index (χ1v) is 10.9. The second-order valence-electron chi connectivity index (χ2n) is 7.48. The van der Waals surface area contributed by atoms with Gasteiger partial charge in [-0.1, -0.05) is 54.1 Å². The number of aromatic nitrogens is 1. The van der Waals surface area contributed by atoms with Crippen LogP contribution < -0.4 is 10.6 Å². The van der Waals surface area contributed by atoms with Crippen LogP contribution in [0, 0.1) is 6.92 Å². The minimum atomic E-state index is -0.384. The summed E-state index contributed by atoms with van der Waals surface area (Å²) in [4.78, 5) is 29.1. The van der Waals surface area contributed by atoms with Crippen molar-refractivity contribution in [3.63, 3.8) is 0 Å². The molecule has 3 aromatic carbocycles. The van der Waals surface area contributed by atoms with Crippen LogP contribution in [0.4, 0.5) is 5.69 Å². The number of carbonyl (C=O) groups is 2. The third-order valence-corrected chi connectivity index (χ3v) is 6.02. The molecule has 31 heavy (non-hydrogen) atoms. The number of para-hydroxylation sites is 1. The quantitative estimate of drug-likeness (QED) is 0.426. The lowest BCUT2D eigenvalue weighted by molar-refractivity contribution is -0.120. The average Bonchev–Trinajstić information content (AvgIpc) is 3.18. The maximum Gasteiger partial charge on any atom is 0.226 e. The fraction of sp³-hybridized carbons (Fsp3) is 0.160. The Labute approximate surface area is 185 Å². The Kier molecular flexibility index (Phi) is 6.09. The number of thiazole rings is 1. The van der Waals surface area contributed by atoms with Crippen molar-refractivity contribution in [3.05, 3.63) is 83.9 Å².